The smallest absolute Gasteiger partial charge is 0.150 e. The lowest BCUT2D eigenvalue weighted by atomic mass is 10.1. The number of halogens is 1. The minimum atomic E-state index is -0.291. The molecule has 2 heterocycles. The molecule has 4 nitrogen and oxygen atoms in total. The van der Waals surface area contributed by atoms with E-state index in [2.05, 4.69) is 10.3 Å². The van der Waals surface area contributed by atoms with E-state index in [-0.39, 0.29) is 5.82 Å². The van der Waals surface area contributed by atoms with Crippen molar-refractivity contribution in [2.75, 3.05) is 36.8 Å². The number of piperazine rings is 1. The molecule has 1 aliphatic rings. The van der Waals surface area contributed by atoms with Crippen molar-refractivity contribution < 1.29 is 4.39 Å². The summed E-state index contributed by atoms with van der Waals surface area (Å²) in [6.45, 7) is 3.29. The van der Waals surface area contributed by atoms with Crippen LogP contribution in [-0.4, -0.2) is 31.2 Å². The van der Waals surface area contributed by atoms with Crippen LogP contribution in [0.15, 0.2) is 24.4 Å². The fourth-order valence-electron chi connectivity index (χ4n) is 2.41. The van der Waals surface area contributed by atoms with Crippen molar-refractivity contribution in [3.63, 3.8) is 0 Å². The highest BCUT2D eigenvalue weighted by Crippen LogP contribution is 2.32. The van der Waals surface area contributed by atoms with Crippen molar-refractivity contribution in [2.24, 2.45) is 0 Å². The molecule has 3 rings (SSSR count). The summed E-state index contributed by atoms with van der Waals surface area (Å²) >= 11 is 0. The number of nitrogen functional groups attached to an aromatic ring is 1. The summed E-state index contributed by atoms with van der Waals surface area (Å²) in [7, 11) is 0. The number of hydrogen-bond donors (Lipinski definition) is 2. The van der Waals surface area contributed by atoms with Crippen LogP contribution in [0.25, 0.3) is 10.9 Å². The van der Waals surface area contributed by atoms with E-state index in [1.807, 2.05) is 17.0 Å². The highest BCUT2D eigenvalue weighted by Gasteiger charge is 2.19. The Morgan fingerprint density at radius 3 is 2.89 bits per heavy atom. The highest BCUT2D eigenvalue weighted by atomic mass is 19.1. The van der Waals surface area contributed by atoms with Gasteiger partial charge in [0.2, 0.25) is 0 Å². The number of nitrogens with two attached hydrogens (primary N) is 1. The van der Waals surface area contributed by atoms with Gasteiger partial charge in [0.05, 0.1) is 11.2 Å². The third kappa shape index (κ3) is 1.76. The largest absolute Gasteiger partial charge is 0.398 e. The molecule has 0 radical (unpaired) electrons. The molecular weight excluding hydrogens is 231 g/mol. The maximum atomic E-state index is 14.2. The van der Waals surface area contributed by atoms with E-state index in [0.717, 1.165) is 31.6 Å². The van der Waals surface area contributed by atoms with Crippen molar-refractivity contribution in [2.45, 2.75) is 0 Å². The molecule has 0 atom stereocenters. The molecule has 0 unspecified atom stereocenters. The van der Waals surface area contributed by atoms with Crippen LogP contribution in [-0.2, 0) is 0 Å². The fourth-order valence-corrected chi connectivity index (χ4v) is 2.41. The minimum absolute atomic E-state index is 0.291. The van der Waals surface area contributed by atoms with Gasteiger partial charge in [-0.3, -0.25) is 4.98 Å². The zero-order chi connectivity index (χ0) is 12.5. The van der Waals surface area contributed by atoms with Gasteiger partial charge < -0.3 is 16.0 Å². The van der Waals surface area contributed by atoms with Crippen LogP contribution in [0.2, 0.25) is 0 Å². The molecule has 0 bridgehead atoms. The van der Waals surface area contributed by atoms with E-state index < -0.39 is 0 Å². The average Bonchev–Trinajstić information content (AvgIpc) is 2.40. The molecule has 1 aromatic heterocycles. The number of fused-ring (bicyclic) bond motifs is 1. The van der Waals surface area contributed by atoms with Crippen molar-refractivity contribution in [1.82, 2.24) is 10.3 Å². The summed E-state index contributed by atoms with van der Waals surface area (Å²) in [5.41, 5.74) is 7.50. The van der Waals surface area contributed by atoms with Gasteiger partial charge in [-0.05, 0) is 18.2 Å². The summed E-state index contributed by atoms with van der Waals surface area (Å²) in [5, 5.41) is 4.07. The molecule has 1 fully saturated rings. The Labute approximate surface area is 105 Å². The van der Waals surface area contributed by atoms with Gasteiger partial charge in [0.15, 0.2) is 5.82 Å². The van der Waals surface area contributed by atoms with Crippen molar-refractivity contribution in [3.05, 3.63) is 30.2 Å². The number of benzene rings is 1. The Balaban J connectivity index is 2.20. The van der Waals surface area contributed by atoms with Gasteiger partial charge in [0.25, 0.3) is 0 Å². The van der Waals surface area contributed by atoms with Crippen LogP contribution >= 0.6 is 0 Å². The van der Waals surface area contributed by atoms with Gasteiger partial charge >= 0.3 is 0 Å². The second-order valence-electron chi connectivity index (χ2n) is 4.43. The Kier molecular flexibility index (Phi) is 2.76. The molecule has 0 spiro atoms. The van der Waals surface area contributed by atoms with E-state index in [1.165, 1.54) is 6.07 Å². The number of anilines is 2. The van der Waals surface area contributed by atoms with Crippen molar-refractivity contribution >= 4 is 22.3 Å². The average molecular weight is 246 g/mol. The first kappa shape index (κ1) is 11.2. The molecular formula is C13H15FN4. The third-order valence-corrected chi connectivity index (χ3v) is 3.28. The van der Waals surface area contributed by atoms with E-state index in [1.54, 1.807) is 6.20 Å². The minimum Gasteiger partial charge on any atom is -0.398 e. The molecule has 1 aliphatic heterocycles. The Morgan fingerprint density at radius 1 is 1.33 bits per heavy atom. The van der Waals surface area contributed by atoms with Crippen LogP contribution < -0.4 is 16.0 Å². The quantitative estimate of drug-likeness (QED) is 0.746. The number of rotatable bonds is 1. The zero-order valence-corrected chi connectivity index (χ0v) is 9.99. The predicted octanol–water partition coefficient (Wildman–Crippen LogP) is 1.37. The number of aromatic nitrogens is 1. The lowest BCUT2D eigenvalue weighted by molar-refractivity contribution is 0.568. The SMILES string of the molecule is Nc1cc(F)c(N2CCNCC2)c2ncccc12. The number of hydrogen-bond acceptors (Lipinski definition) is 4. The predicted molar refractivity (Wildman–Crippen MR) is 71.2 cm³/mol. The van der Waals surface area contributed by atoms with Crippen LogP contribution in [0.3, 0.4) is 0 Å². The van der Waals surface area contributed by atoms with Crippen LogP contribution in [0, 0.1) is 5.82 Å². The summed E-state index contributed by atoms with van der Waals surface area (Å²) in [5.74, 6) is -0.291. The van der Waals surface area contributed by atoms with Crippen molar-refractivity contribution in [1.29, 1.82) is 0 Å². The Morgan fingerprint density at radius 2 is 2.11 bits per heavy atom. The zero-order valence-electron chi connectivity index (χ0n) is 9.99. The Hall–Kier alpha value is -1.88. The van der Waals surface area contributed by atoms with E-state index in [9.17, 15) is 4.39 Å². The molecule has 94 valence electrons. The number of nitrogens with one attached hydrogen (secondary N) is 1. The maximum Gasteiger partial charge on any atom is 0.150 e. The molecule has 2 aromatic rings. The second kappa shape index (κ2) is 4.42. The van der Waals surface area contributed by atoms with Gasteiger partial charge in [-0.15, -0.1) is 0 Å². The van der Waals surface area contributed by atoms with Crippen LogP contribution in [0.5, 0.6) is 0 Å². The summed E-state index contributed by atoms with van der Waals surface area (Å²) in [6.07, 6.45) is 1.67. The topological polar surface area (TPSA) is 54.2 Å². The van der Waals surface area contributed by atoms with Crippen LogP contribution in [0.4, 0.5) is 15.8 Å². The molecule has 0 aliphatic carbocycles. The van der Waals surface area contributed by atoms with Gasteiger partial charge in [0.1, 0.15) is 0 Å². The molecule has 3 N–H and O–H groups in total. The summed E-state index contributed by atoms with van der Waals surface area (Å²) < 4.78 is 14.2. The van der Waals surface area contributed by atoms with Gasteiger partial charge in [0, 0.05) is 43.4 Å². The summed E-state index contributed by atoms with van der Waals surface area (Å²) in [4.78, 5) is 6.32. The second-order valence-corrected chi connectivity index (χ2v) is 4.43. The van der Waals surface area contributed by atoms with Gasteiger partial charge in [-0.2, -0.15) is 0 Å². The molecule has 5 heteroatoms. The molecule has 1 aromatic carbocycles. The van der Waals surface area contributed by atoms with E-state index >= 15 is 0 Å². The van der Waals surface area contributed by atoms with Gasteiger partial charge in [-0.1, -0.05) is 0 Å². The monoisotopic (exact) mass is 246 g/mol. The highest BCUT2D eigenvalue weighted by molar-refractivity contribution is 5.98. The number of nitrogens with zero attached hydrogens (tertiary/aromatic N) is 2. The van der Waals surface area contributed by atoms with E-state index in [4.69, 9.17) is 5.73 Å². The lowest BCUT2D eigenvalue weighted by Crippen LogP contribution is -2.44. The Bertz CT molecular complexity index is 578. The fraction of sp³-hybridized carbons (Fsp3) is 0.308. The number of pyridine rings is 1. The van der Waals surface area contributed by atoms with Crippen LogP contribution in [0.1, 0.15) is 0 Å². The molecule has 1 saturated heterocycles. The first-order chi connectivity index (χ1) is 8.77. The lowest BCUT2D eigenvalue weighted by Gasteiger charge is -2.30. The molecule has 0 amide bonds. The third-order valence-electron chi connectivity index (χ3n) is 3.28. The van der Waals surface area contributed by atoms with Gasteiger partial charge in [-0.25, -0.2) is 4.39 Å². The van der Waals surface area contributed by atoms with Crippen molar-refractivity contribution in [3.8, 4) is 0 Å². The standard InChI is InChI=1S/C13H15FN4/c14-10-8-11(15)9-2-1-3-17-12(9)13(10)18-6-4-16-5-7-18/h1-3,8,16H,4-7,15H2. The maximum absolute atomic E-state index is 14.2. The molecule has 18 heavy (non-hydrogen) atoms. The normalized spacial score (nSPS) is 16.2. The summed E-state index contributed by atoms with van der Waals surface area (Å²) in [6, 6.07) is 5.09. The first-order valence-electron chi connectivity index (χ1n) is 6.06. The molecule has 0 saturated carbocycles. The first-order valence-corrected chi connectivity index (χ1v) is 6.06. The van der Waals surface area contributed by atoms with E-state index in [0.29, 0.717) is 16.9 Å².